The first kappa shape index (κ1) is 83.4. The van der Waals surface area contributed by atoms with Crippen molar-refractivity contribution < 1.29 is 0 Å². The van der Waals surface area contributed by atoms with Crippen molar-refractivity contribution in [3.8, 4) is 0 Å². The molecule has 0 aromatic carbocycles. The zero-order valence-electron chi connectivity index (χ0n) is 73.6. The molecule has 104 heavy (non-hydrogen) atoms. The lowest BCUT2D eigenvalue weighted by Crippen LogP contribution is -2.45. The van der Waals surface area contributed by atoms with E-state index in [-0.39, 0.29) is 0 Å². The molecule has 3 spiro atoms. The van der Waals surface area contributed by atoms with E-state index in [1.54, 1.807) is 154 Å². The van der Waals surface area contributed by atoms with Crippen LogP contribution in [0.2, 0.25) is 0 Å². The molecular weight excluding hydrogens is 1250 g/mol. The van der Waals surface area contributed by atoms with Crippen LogP contribution in [0.1, 0.15) is 489 Å². The Morgan fingerprint density at radius 1 is 0.260 bits per heavy atom. The van der Waals surface area contributed by atoms with Crippen LogP contribution in [0.25, 0.3) is 0 Å². The summed E-state index contributed by atoms with van der Waals surface area (Å²) in [5.74, 6) is 22.7. The second-order valence-electron chi connectivity index (χ2n) is 48.2. The van der Waals surface area contributed by atoms with E-state index in [1.165, 1.54) is 231 Å². The number of fused-ring (bicyclic) bond motifs is 9. The zero-order chi connectivity index (χ0) is 73.6. The molecule has 0 aromatic heterocycles. The van der Waals surface area contributed by atoms with Crippen molar-refractivity contribution in [2.24, 2.45) is 168 Å². The Morgan fingerprint density at radius 2 is 0.596 bits per heavy atom. The molecule has 602 valence electrons. The van der Waals surface area contributed by atoms with Gasteiger partial charge in [-0.2, -0.15) is 0 Å². The van der Waals surface area contributed by atoms with Crippen LogP contribution in [0, 0.1) is 168 Å². The van der Waals surface area contributed by atoms with Crippen LogP contribution in [0.4, 0.5) is 0 Å². The van der Waals surface area contributed by atoms with Crippen molar-refractivity contribution in [1.82, 2.24) is 0 Å². The van der Waals surface area contributed by atoms with Gasteiger partial charge in [0.1, 0.15) is 0 Å². The highest BCUT2D eigenvalue weighted by Gasteiger charge is 2.52. The Kier molecular flexibility index (Phi) is 29.4. The summed E-state index contributed by atoms with van der Waals surface area (Å²) in [6.07, 6.45) is 92.3. The zero-order valence-corrected chi connectivity index (χ0v) is 73.6. The van der Waals surface area contributed by atoms with Crippen molar-refractivity contribution in [2.45, 2.75) is 489 Å². The maximum Gasteiger partial charge on any atom is -0.0292 e. The number of hydrogen-bond acceptors (Lipinski definition) is 0. The van der Waals surface area contributed by atoms with E-state index in [2.05, 4.69) is 104 Å². The van der Waals surface area contributed by atoms with Gasteiger partial charge >= 0.3 is 0 Å². The molecule has 0 saturated heterocycles. The molecule has 0 nitrogen and oxygen atoms in total. The molecule has 25 fully saturated rings. The molecule has 4 atom stereocenters. The van der Waals surface area contributed by atoms with E-state index >= 15 is 0 Å². The first-order valence-electron chi connectivity index (χ1n) is 49.6. The summed E-state index contributed by atoms with van der Waals surface area (Å²) >= 11 is 0. The van der Waals surface area contributed by atoms with Gasteiger partial charge in [-0.3, -0.25) is 0 Å². The molecule has 25 aliphatic carbocycles. The lowest BCUT2D eigenvalue weighted by molar-refractivity contribution is -0.0545. The molecule has 25 aliphatic rings. The maximum absolute atomic E-state index is 2.54. The van der Waals surface area contributed by atoms with Crippen LogP contribution in [0.5, 0.6) is 0 Å². The third-order valence-electron chi connectivity index (χ3n) is 39.8. The van der Waals surface area contributed by atoms with Gasteiger partial charge < -0.3 is 0 Å². The minimum atomic E-state index is 0.647. The highest BCUT2D eigenvalue weighted by atomic mass is 14.6. The lowest BCUT2D eigenvalue weighted by Gasteiger charge is -2.56. The predicted octanol–water partition coefficient (Wildman–Crippen LogP) is 33.7. The molecule has 1 unspecified atom stereocenters. The fourth-order valence-corrected chi connectivity index (χ4v) is 31.4. The van der Waals surface area contributed by atoms with Crippen LogP contribution in [-0.4, -0.2) is 0 Å². The molecular formula is C104H186. The summed E-state index contributed by atoms with van der Waals surface area (Å²) < 4.78 is 0. The lowest BCUT2D eigenvalue weighted by atomic mass is 9.49. The topological polar surface area (TPSA) is 0 Å². The summed E-state index contributed by atoms with van der Waals surface area (Å²) in [6, 6.07) is 0. The molecule has 0 aliphatic heterocycles. The summed E-state index contributed by atoms with van der Waals surface area (Å²) in [5, 5.41) is 0. The SMILES string of the molecule is CC12CC3CC(CC(C3)C1)C2.CC1C2CCC(CC2)[C@H]1C.CC1CCC(C2CCCCC2)CC1.CC1CCC2(CC1)CCC(C)(C)CC2.CC1CCC2(CCCC2)CC1.CC1CCC2(CCCCC2)CC1.CCC12CC3CC(CC(C3)C1)C2.C[C@@H]1C2CCC(CC2)C1(C)C.C[C@H]1CC2CCC1(C)CC2. The van der Waals surface area contributed by atoms with E-state index in [1.807, 2.05) is 0 Å². The summed E-state index contributed by atoms with van der Waals surface area (Å²) in [4.78, 5) is 0. The summed E-state index contributed by atoms with van der Waals surface area (Å²) in [6.45, 7) is 36.9. The van der Waals surface area contributed by atoms with Gasteiger partial charge in [-0.05, 0) is 431 Å². The third-order valence-corrected chi connectivity index (χ3v) is 39.8. The van der Waals surface area contributed by atoms with Crippen LogP contribution in [0.3, 0.4) is 0 Å². The second-order valence-corrected chi connectivity index (χ2v) is 48.2. The van der Waals surface area contributed by atoms with Gasteiger partial charge in [-0.25, -0.2) is 0 Å². The monoisotopic (exact) mass is 1440 g/mol. The van der Waals surface area contributed by atoms with E-state index in [9.17, 15) is 0 Å². The quantitative estimate of drug-likeness (QED) is 0.259. The average Bonchev–Trinajstić information content (AvgIpc) is 0.835. The standard InChI is InChI=1S/C14H26.C13H24.C12H20.C12H22.C11H18.2C11H20.2C10H18/c1-12-4-6-14(7-5-12)10-8-13(2,3)9-11-14;1-11-7-9-13(10-8-11)12-5-3-2-4-6-12;1-2-12-6-9-3-10(7-12)5-11(4-9)8-12;1-11-5-9-12(10-6-11)7-3-2-4-8-12;1-11-5-8-2-9(6-11)4-10(3-8)7-11;1-8-9-4-6-10(7-5-9)11(8,2)3;1-10-4-8-11(9-5-10)6-2-3-7-11;1-8-7-9-3-5-10(8,2)6-4-9;1-7-8(2)10-5-3-9(7)4-6-10/h12H,4-11H2,1-3H3;11-13H,2-10H2,1H3;9-11H,2-8H2,1H3;11H,2-10H2,1H3;8-10H,2-7H2,1H3;8-10H,4-7H2,1-3H3;10H,2-9H2,1H3;8-9H,3-7H2,1-2H3;7-10H,3-6H2,1-2H3/t;;;;;8-,9?,10?;;8-,9?,10?;7-,8?,9?,10?/m.....1.00/s1. The largest absolute Gasteiger partial charge is 0.0649 e. The van der Waals surface area contributed by atoms with Gasteiger partial charge in [0.25, 0.3) is 0 Å². The summed E-state index contributed by atoms with van der Waals surface area (Å²) in [7, 11) is 0. The van der Waals surface area contributed by atoms with Gasteiger partial charge in [0.2, 0.25) is 0 Å². The fraction of sp³-hybridized carbons (Fsp3) is 1.00. The van der Waals surface area contributed by atoms with E-state index in [4.69, 9.17) is 0 Å². The Morgan fingerprint density at radius 3 is 0.923 bits per heavy atom. The Bertz CT molecular complexity index is 2330. The molecule has 0 heteroatoms. The Balaban J connectivity index is 0.000000110. The first-order valence-corrected chi connectivity index (χ1v) is 49.6. The molecule has 0 N–H and O–H groups in total. The number of rotatable bonds is 2. The van der Waals surface area contributed by atoms with Crippen LogP contribution in [0.15, 0.2) is 0 Å². The smallest absolute Gasteiger partial charge is 0.0292 e. The first-order chi connectivity index (χ1) is 49.6. The average molecular weight is 1440 g/mol. The van der Waals surface area contributed by atoms with Crippen molar-refractivity contribution in [3.05, 3.63) is 0 Å². The predicted molar refractivity (Wildman–Crippen MR) is 455 cm³/mol. The number of hydrogen-bond donors (Lipinski definition) is 0. The highest BCUT2D eigenvalue weighted by molar-refractivity contribution is 5.03. The van der Waals surface area contributed by atoms with Crippen LogP contribution in [-0.2, 0) is 0 Å². The minimum absolute atomic E-state index is 0.647. The van der Waals surface area contributed by atoms with Gasteiger partial charge in [0, 0.05) is 0 Å². The molecule has 0 aromatic rings. The van der Waals surface area contributed by atoms with E-state index in [0.29, 0.717) is 10.8 Å². The molecule has 0 radical (unpaired) electrons. The van der Waals surface area contributed by atoms with Crippen LogP contribution < -0.4 is 0 Å². The second kappa shape index (κ2) is 36.6. The maximum atomic E-state index is 2.54. The van der Waals surface area contributed by atoms with Crippen molar-refractivity contribution in [2.75, 3.05) is 0 Å². The Labute approximate surface area is 652 Å². The van der Waals surface area contributed by atoms with E-state index in [0.717, 1.165) is 157 Å². The van der Waals surface area contributed by atoms with Crippen molar-refractivity contribution in [3.63, 3.8) is 0 Å². The molecule has 14 bridgehead atoms. The highest BCUT2D eigenvalue weighted by Crippen LogP contribution is 2.63. The van der Waals surface area contributed by atoms with Gasteiger partial charge in [-0.1, -0.05) is 226 Å². The van der Waals surface area contributed by atoms with Crippen LogP contribution >= 0.6 is 0 Å². The van der Waals surface area contributed by atoms with Gasteiger partial charge in [0.15, 0.2) is 0 Å². The third kappa shape index (κ3) is 21.9. The van der Waals surface area contributed by atoms with Crippen molar-refractivity contribution >= 4 is 0 Å². The molecule has 0 amide bonds. The van der Waals surface area contributed by atoms with Gasteiger partial charge in [-0.15, -0.1) is 0 Å². The van der Waals surface area contributed by atoms with E-state index < -0.39 is 0 Å². The van der Waals surface area contributed by atoms with Crippen molar-refractivity contribution in [1.29, 1.82) is 0 Å². The minimum Gasteiger partial charge on any atom is -0.0649 e. The van der Waals surface area contributed by atoms with Gasteiger partial charge in [0.05, 0.1) is 0 Å². The Hall–Kier alpha value is 0. The molecule has 25 rings (SSSR count). The molecule has 0 heterocycles. The molecule has 25 saturated carbocycles. The fourth-order valence-electron chi connectivity index (χ4n) is 31.4. The summed E-state index contributed by atoms with van der Waals surface area (Å²) in [5.41, 5.74) is 6.17. The normalized spacial score (nSPS) is 44.6.